The second kappa shape index (κ2) is 4.40. The van der Waals surface area contributed by atoms with Gasteiger partial charge in [-0.05, 0) is 13.0 Å². The van der Waals surface area contributed by atoms with E-state index in [1.54, 1.807) is 26.2 Å². The fourth-order valence-corrected chi connectivity index (χ4v) is 0.852. The molecule has 0 aliphatic rings. The van der Waals surface area contributed by atoms with E-state index < -0.39 is 11.9 Å². The fraction of sp³-hybridized carbons (Fsp3) is 0.375. The lowest BCUT2D eigenvalue weighted by Gasteiger charge is -2.10. The van der Waals surface area contributed by atoms with Crippen molar-refractivity contribution in [3.8, 4) is 0 Å². The highest BCUT2D eigenvalue weighted by atomic mass is 16.1. The molecule has 1 unspecified atom stereocenters. The van der Waals surface area contributed by atoms with E-state index in [4.69, 9.17) is 5.73 Å². The molecule has 14 heavy (non-hydrogen) atoms. The molecule has 6 heteroatoms. The molecule has 0 saturated carbocycles. The Balaban J connectivity index is 2.71. The van der Waals surface area contributed by atoms with Gasteiger partial charge in [0, 0.05) is 13.2 Å². The minimum absolute atomic E-state index is 0.422. The van der Waals surface area contributed by atoms with E-state index in [-0.39, 0.29) is 0 Å². The van der Waals surface area contributed by atoms with Gasteiger partial charge in [-0.2, -0.15) is 4.98 Å². The van der Waals surface area contributed by atoms with Gasteiger partial charge in [-0.3, -0.25) is 4.79 Å². The largest absolute Gasteiger partial charge is 0.368 e. The number of hydrogen-bond donors (Lipinski definition) is 3. The summed E-state index contributed by atoms with van der Waals surface area (Å²) >= 11 is 0. The molecule has 4 N–H and O–H groups in total. The molecule has 0 radical (unpaired) electrons. The Morgan fingerprint density at radius 3 is 2.93 bits per heavy atom. The van der Waals surface area contributed by atoms with Crippen LogP contribution < -0.4 is 16.4 Å². The number of nitrogens with zero attached hydrogens (tertiary/aromatic N) is 2. The first-order valence-electron chi connectivity index (χ1n) is 4.20. The quantitative estimate of drug-likeness (QED) is 0.619. The van der Waals surface area contributed by atoms with Gasteiger partial charge in [0.1, 0.15) is 11.9 Å². The van der Waals surface area contributed by atoms with Crippen molar-refractivity contribution in [1.29, 1.82) is 0 Å². The van der Waals surface area contributed by atoms with Crippen molar-refractivity contribution in [3.63, 3.8) is 0 Å². The minimum Gasteiger partial charge on any atom is -0.368 e. The normalized spacial score (nSPS) is 11.9. The third-order valence-corrected chi connectivity index (χ3v) is 1.67. The Morgan fingerprint density at radius 1 is 1.64 bits per heavy atom. The molecule has 0 aromatic carbocycles. The number of carbonyl (C=O) groups is 1. The highest BCUT2D eigenvalue weighted by Gasteiger charge is 2.08. The van der Waals surface area contributed by atoms with Gasteiger partial charge in [-0.1, -0.05) is 0 Å². The van der Waals surface area contributed by atoms with Crippen molar-refractivity contribution in [3.05, 3.63) is 12.3 Å². The number of primary amides is 1. The standard InChI is InChI=1S/C8H13N5O/c1-5(7(9)14)12-6-3-4-11-8(10-2)13-6/h3-5H,1-2H3,(H2,9,14)(H2,10,11,12,13). The van der Waals surface area contributed by atoms with E-state index in [1.165, 1.54) is 0 Å². The van der Waals surface area contributed by atoms with Crippen molar-refractivity contribution in [2.45, 2.75) is 13.0 Å². The summed E-state index contributed by atoms with van der Waals surface area (Å²) in [4.78, 5) is 18.8. The first-order valence-corrected chi connectivity index (χ1v) is 4.20. The number of rotatable bonds is 4. The van der Waals surface area contributed by atoms with E-state index >= 15 is 0 Å². The van der Waals surface area contributed by atoms with Gasteiger partial charge in [-0.15, -0.1) is 0 Å². The number of anilines is 2. The second-order valence-corrected chi connectivity index (χ2v) is 2.78. The molecular formula is C8H13N5O. The van der Waals surface area contributed by atoms with E-state index in [2.05, 4.69) is 20.6 Å². The Labute approximate surface area is 81.9 Å². The number of nitrogens with one attached hydrogen (secondary N) is 2. The van der Waals surface area contributed by atoms with Crippen LogP contribution in [-0.2, 0) is 4.79 Å². The van der Waals surface area contributed by atoms with Crippen molar-refractivity contribution in [2.75, 3.05) is 17.7 Å². The molecule has 1 heterocycles. The predicted molar refractivity (Wildman–Crippen MR) is 53.9 cm³/mol. The van der Waals surface area contributed by atoms with E-state index in [9.17, 15) is 4.79 Å². The lowest BCUT2D eigenvalue weighted by Crippen LogP contribution is -2.32. The van der Waals surface area contributed by atoms with E-state index in [0.717, 1.165) is 0 Å². The van der Waals surface area contributed by atoms with Crippen molar-refractivity contribution >= 4 is 17.7 Å². The molecule has 1 aromatic heterocycles. The van der Waals surface area contributed by atoms with Gasteiger partial charge in [0.2, 0.25) is 11.9 Å². The number of carbonyl (C=O) groups excluding carboxylic acids is 1. The molecule has 76 valence electrons. The lowest BCUT2D eigenvalue weighted by molar-refractivity contribution is -0.118. The molecule has 0 aliphatic heterocycles. The molecule has 1 amide bonds. The van der Waals surface area contributed by atoms with Gasteiger partial charge in [0.15, 0.2) is 0 Å². The second-order valence-electron chi connectivity index (χ2n) is 2.78. The predicted octanol–water partition coefficient (Wildman–Crippen LogP) is -0.196. The van der Waals surface area contributed by atoms with Gasteiger partial charge in [-0.25, -0.2) is 4.98 Å². The summed E-state index contributed by atoms with van der Waals surface area (Å²) in [5.41, 5.74) is 5.09. The monoisotopic (exact) mass is 195 g/mol. The fourth-order valence-electron chi connectivity index (χ4n) is 0.852. The molecule has 0 saturated heterocycles. The summed E-state index contributed by atoms with van der Waals surface area (Å²) in [6, 6.07) is 1.22. The SMILES string of the molecule is CNc1nccc(NC(C)C(N)=O)n1. The summed E-state index contributed by atoms with van der Waals surface area (Å²) in [5, 5.41) is 5.64. The number of hydrogen-bond acceptors (Lipinski definition) is 5. The van der Waals surface area contributed by atoms with Crippen LogP contribution in [0.25, 0.3) is 0 Å². The molecule has 1 rings (SSSR count). The van der Waals surface area contributed by atoms with Crippen LogP contribution in [-0.4, -0.2) is 29.0 Å². The van der Waals surface area contributed by atoms with Gasteiger partial charge in [0.25, 0.3) is 0 Å². The molecule has 6 nitrogen and oxygen atoms in total. The summed E-state index contributed by atoms with van der Waals surface area (Å²) in [6.45, 7) is 1.67. The Morgan fingerprint density at radius 2 is 2.36 bits per heavy atom. The smallest absolute Gasteiger partial charge is 0.239 e. The minimum atomic E-state index is -0.449. The maximum atomic E-state index is 10.8. The van der Waals surface area contributed by atoms with Crippen molar-refractivity contribution in [1.82, 2.24) is 9.97 Å². The zero-order valence-corrected chi connectivity index (χ0v) is 8.11. The average molecular weight is 195 g/mol. The summed E-state index contributed by atoms with van der Waals surface area (Å²) in [7, 11) is 1.72. The molecule has 1 atom stereocenters. The van der Waals surface area contributed by atoms with Gasteiger partial charge >= 0.3 is 0 Å². The highest BCUT2D eigenvalue weighted by Crippen LogP contribution is 2.05. The lowest BCUT2D eigenvalue weighted by atomic mass is 10.3. The maximum absolute atomic E-state index is 10.8. The van der Waals surface area contributed by atoms with Gasteiger partial charge < -0.3 is 16.4 Å². The van der Waals surface area contributed by atoms with Crippen LogP contribution in [0.4, 0.5) is 11.8 Å². The molecule has 0 fully saturated rings. The first kappa shape index (κ1) is 10.2. The van der Waals surface area contributed by atoms with Crippen molar-refractivity contribution in [2.24, 2.45) is 5.73 Å². The number of nitrogens with two attached hydrogens (primary N) is 1. The van der Waals surface area contributed by atoms with Crippen LogP contribution >= 0.6 is 0 Å². The zero-order valence-electron chi connectivity index (χ0n) is 8.11. The van der Waals surface area contributed by atoms with Crippen LogP contribution in [0.2, 0.25) is 0 Å². The van der Waals surface area contributed by atoms with Crippen LogP contribution in [0.15, 0.2) is 12.3 Å². The number of aromatic nitrogens is 2. The summed E-state index contributed by atoms with van der Waals surface area (Å²) in [5.74, 6) is 0.636. The molecule has 0 aliphatic carbocycles. The van der Waals surface area contributed by atoms with E-state index in [1.807, 2.05) is 0 Å². The molecule has 0 bridgehead atoms. The summed E-state index contributed by atoms with van der Waals surface area (Å²) in [6.07, 6.45) is 1.59. The first-order chi connectivity index (χ1) is 6.63. The maximum Gasteiger partial charge on any atom is 0.239 e. The Bertz CT molecular complexity index is 327. The van der Waals surface area contributed by atoms with Crippen LogP contribution in [0, 0.1) is 0 Å². The van der Waals surface area contributed by atoms with Crippen LogP contribution in [0.3, 0.4) is 0 Å². The molecule has 1 aromatic rings. The van der Waals surface area contributed by atoms with E-state index in [0.29, 0.717) is 11.8 Å². The highest BCUT2D eigenvalue weighted by molar-refractivity contribution is 5.82. The summed E-state index contributed by atoms with van der Waals surface area (Å²) < 4.78 is 0. The Hall–Kier alpha value is -1.85. The zero-order chi connectivity index (χ0) is 10.6. The van der Waals surface area contributed by atoms with Gasteiger partial charge in [0.05, 0.1) is 0 Å². The third kappa shape index (κ3) is 2.58. The topological polar surface area (TPSA) is 92.9 Å². The Kier molecular flexibility index (Phi) is 3.22. The third-order valence-electron chi connectivity index (χ3n) is 1.67. The molecular weight excluding hydrogens is 182 g/mol. The van der Waals surface area contributed by atoms with Crippen LogP contribution in [0.1, 0.15) is 6.92 Å². The average Bonchev–Trinajstić information content (AvgIpc) is 2.18. The number of amides is 1. The molecule has 0 spiro atoms. The van der Waals surface area contributed by atoms with Crippen LogP contribution in [0.5, 0.6) is 0 Å². The van der Waals surface area contributed by atoms with Crippen molar-refractivity contribution < 1.29 is 4.79 Å².